The average Bonchev–Trinajstić information content (AvgIpc) is 2.90. The first-order valence-electron chi connectivity index (χ1n) is 8.47. The number of benzene rings is 1. The van der Waals surface area contributed by atoms with E-state index >= 15 is 0 Å². The molecule has 2 rings (SSSR count). The van der Waals surface area contributed by atoms with Gasteiger partial charge in [-0.15, -0.1) is 0 Å². The highest BCUT2D eigenvalue weighted by atomic mass is 16.1. The van der Waals surface area contributed by atoms with E-state index in [1.807, 2.05) is 25.1 Å². The minimum Gasteiger partial charge on any atom is -0.349 e. The van der Waals surface area contributed by atoms with Gasteiger partial charge in [0.2, 0.25) is 5.91 Å². The van der Waals surface area contributed by atoms with E-state index in [9.17, 15) is 4.79 Å². The van der Waals surface area contributed by atoms with Crippen molar-refractivity contribution in [1.82, 2.24) is 14.9 Å². The van der Waals surface area contributed by atoms with Crippen LogP contribution in [0.3, 0.4) is 0 Å². The number of aromatic nitrogens is 2. The third kappa shape index (κ3) is 4.33. The Morgan fingerprint density at radius 1 is 1.14 bits per heavy atom. The molecule has 2 aromatic rings. The third-order valence-electron chi connectivity index (χ3n) is 3.98. The molecule has 1 aromatic heterocycles. The van der Waals surface area contributed by atoms with Gasteiger partial charge in [0.25, 0.3) is 0 Å². The molecule has 0 aliphatic heterocycles. The van der Waals surface area contributed by atoms with Crippen molar-refractivity contribution in [2.75, 3.05) is 0 Å². The van der Waals surface area contributed by atoms with Gasteiger partial charge in [-0.25, -0.2) is 4.98 Å². The summed E-state index contributed by atoms with van der Waals surface area (Å²) in [7, 11) is 0. The number of imidazole rings is 1. The van der Waals surface area contributed by atoms with Gasteiger partial charge in [0, 0.05) is 13.0 Å². The zero-order chi connectivity index (χ0) is 15.8. The summed E-state index contributed by atoms with van der Waals surface area (Å²) >= 11 is 0. The van der Waals surface area contributed by atoms with Crippen LogP contribution in [0.4, 0.5) is 0 Å². The Balaban J connectivity index is 2.08. The van der Waals surface area contributed by atoms with Gasteiger partial charge in [-0.2, -0.15) is 0 Å². The van der Waals surface area contributed by atoms with Crippen LogP contribution in [0.15, 0.2) is 24.3 Å². The lowest BCUT2D eigenvalue weighted by Crippen LogP contribution is -2.23. The molecule has 1 aromatic carbocycles. The molecule has 0 saturated heterocycles. The van der Waals surface area contributed by atoms with Gasteiger partial charge in [0.05, 0.1) is 17.6 Å². The van der Waals surface area contributed by atoms with Crippen molar-refractivity contribution >= 4 is 16.9 Å². The van der Waals surface area contributed by atoms with E-state index in [1.54, 1.807) is 0 Å². The van der Waals surface area contributed by atoms with E-state index in [2.05, 4.69) is 27.9 Å². The molecule has 4 nitrogen and oxygen atoms in total. The monoisotopic (exact) mass is 301 g/mol. The van der Waals surface area contributed by atoms with E-state index < -0.39 is 0 Å². The standard InChI is InChI=1S/C18H27N3O/c1-3-5-6-7-10-13-21-16-12-9-8-11-15(16)20-17(21)14-19-18(22)4-2/h8-9,11-12H,3-7,10,13-14H2,1-2H3,(H,19,22). The van der Waals surface area contributed by atoms with Crippen molar-refractivity contribution in [3.63, 3.8) is 0 Å². The predicted molar refractivity (Wildman–Crippen MR) is 90.6 cm³/mol. The highest BCUT2D eigenvalue weighted by molar-refractivity contribution is 5.77. The number of nitrogens with zero attached hydrogens (tertiary/aromatic N) is 2. The molecule has 0 unspecified atom stereocenters. The lowest BCUT2D eigenvalue weighted by molar-refractivity contribution is -0.120. The van der Waals surface area contributed by atoms with Crippen molar-refractivity contribution < 1.29 is 4.79 Å². The van der Waals surface area contributed by atoms with Gasteiger partial charge in [-0.3, -0.25) is 4.79 Å². The fourth-order valence-electron chi connectivity index (χ4n) is 2.69. The Bertz CT molecular complexity index is 603. The molecule has 0 aliphatic rings. The molecule has 0 radical (unpaired) electrons. The Kier molecular flexibility index (Phi) is 6.44. The molecule has 0 spiro atoms. The van der Waals surface area contributed by atoms with Gasteiger partial charge in [-0.05, 0) is 18.6 Å². The highest BCUT2D eigenvalue weighted by Crippen LogP contribution is 2.17. The fourth-order valence-corrected chi connectivity index (χ4v) is 2.69. The van der Waals surface area contributed by atoms with Crippen LogP contribution in [0.5, 0.6) is 0 Å². The van der Waals surface area contributed by atoms with E-state index in [-0.39, 0.29) is 5.91 Å². The lowest BCUT2D eigenvalue weighted by atomic mass is 10.1. The topological polar surface area (TPSA) is 46.9 Å². The lowest BCUT2D eigenvalue weighted by Gasteiger charge is -2.10. The average molecular weight is 301 g/mol. The minimum atomic E-state index is 0.0709. The number of hydrogen-bond acceptors (Lipinski definition) is 2. The molecule has 1 amide bonds. The SMILES string of the molecule is CCCCCCCn1c(CNC(=O)CC)nc2ccccc21. The maximum Gasteiger partial charge on any atom is 0.220 e. The van der Waals surface area contributed by atoms with Crippen molar-refractivity contribution in [2.24, 2.45) is 0 Å². The van der Waals surface area contributed by atoms with Crippen LogP contribution in [0.25, 0.3) is 11.0 Å². The smallest absolute Gasteiger partial charge is 0.220 e. The number of carbonyl (C=O) groups is 1. The molecular formula is C18H27N3O. The Labute approximate surface area is 132 Å². The van der Waals surface area contributed by atoms with E-state index in [4.69, 9.17) is 0 Å². The van der Waals surface area contributed by atoms with Crippen LogP contribution < -0.4 is 5.32 Å². The van der Waals surface area contributed by atoms with E-state index in [1.165, 1.54) is 31.2 Å². The molecule has 1 N–H and O–H groups in total. The number of hydrogen-bond donors (Lipinski definition) is 1. The second-order valence-corrected chi connectivity index (χ2v) is 5.71. The third-order valence-corrected chi connectivity index (χ3v) is 3.98. The first kappa shape index (κ1) is 16.5. The van der Waals surface area contributed by atoms with Crippen molar-refractivity contribution in [2.45, 2.75) is 65.5 Å². The van der Waals surface area contributed by atoms with E-state index in [0.717, 1.165) is 24.3 Å². The summed E-state index contributed by atoms with van der Waals surface area (Å²) in [5.41, 5.74) is 2.18. The normalized spacial score (nSPS) is 11.0. The van der Waals surface area contributed by atoms with Crippen LogP contribution in [-0.2, 0) is 17.9 Å². The molecular weight excluding hydrogens is 274 g/mol. The van der Waals surface area contributed by atoms with Gasteiger partial charge < -0.3 is 9.88 Å². The molecule has 0 fully saturated rings. The fraction of sp³-hybridized carbons (Fsp3) is 0.556. The van der Waals surface area contributed by atoms with Crippen molar-refractivity contribution in [3.05, 3.63) is 30.1 Å². The van der Waals surface area contributed by atoms with Gasteiger partial charge in [0.15, 0.2) is 0 Å². The molecule has 120 valence electrons. The molecule has 4 heteroatoms. The van der Waals surface area contributed by atoms with Crippen molar-refractivity contribution in [1.29, 1.82) is 0 Å². The summed E-state index contributed by atoms with van der Waals surface area (Å²) in [5.74, 6) is 1.03. The molecule has 1 heterocycles. The summed E-state index contributed by atoms with van der Waals surface area (Å²) in [6.07, 6.45) is 6.80. The molecule has 0 saturated carbocycles. The molecule has 0 atom stereocenters. The molecule has 22 heavy (non-hydrogen) atoms. The number of carbonyl (C=O) groups excluding carboxylic acids is 1. The number of aryl methyl sites for hydroxylation is 1. The Hall–Kier alpha value is -1.84. The van der Waals surface area contributed by atoms with Gasteiger partial charge in [0.1, 0.15) is 5.82 Å². The number of rotatable bonds is 9. The first-order valence-corrected chi connectivity index (χ1v) is 8.47. The zero-order valence-corrected chi connectivity index (χ0v) is 13.8. The summed E-state index contributed by atoms with van der Waals surface area (Å²) in [4.78, 5) is 16.2. The Morgan fingerprint density at radius 2 is 1.91 bits per heavy atom. The maximum atomic E-state index is 11.5. The number of nitrogens with one attached hydrogen (secondary N) is 1. The predicted octanol–water partition coefficient (Wildman–Crippen LogP) is 4.03. The Morgan fingerprint density at radius 3 is 2.68 bits per heavy atom. The van der Waals surface area contributed by atoms with Gasteiger partial charge in [-0.1, -0.05) is 51.7 Å². The van der Waals surface area contributed by atoms with Crippen LogP contribution in [0.1, 0.15) is 58.2 Å². The maximum absolute atomic E-state index is 11.5. The minimum absolute atomic E-state index is 0.0709. The van der Waals surface area contributed by atoms with E-state index in [0.29, 0.717) is 13.0 Å². The second kappa shape index (κ2) is 8.57. The van der Waals surface area contributed by atoms with Gasteiger partial charge >= 0.3 is 0 Å². The number of amides is 1. The quantitative estimate of drug-likeness (QED) is 0.711. The van der Waals surface area contributed by atoms with Crippen molar-refractivity contribution in [3.8, 4) is 0 Å². The zero-order valence-electron chi connectivity index (χ0n) is 13.8. The summed E-state index contributed by atoms with van der Waals surface area (Å²) in [6.45, 7) is 5.59. The second-order valence-electron chi connectivity index (χ2n) is 5.71. The number of fused-ring (bicyclic) bond motifs is 1. The highest BCUT2D eigenvalue weighted by Gasteiger charge is 2.10. The summed E-state index contributed by atoms with van der Waals surface area (Å²) < 4.78 is 2.26. The largest absolute Gasteiger partial charge is 0.349 e. The summed E-state index contributed by atoms with van der Waals surface area (Å²) in [5, 5.41) is 2.94. The summed E-state index contributed by atoms with van der Waals surface area (Å²) in [6, 6.07) is 8.20. The number of unbranched alkanes of at least 4 members (excludes halogenated alkanes) is 4. The van der Waals surface area contributed by atoms with Crippen LogP contribution in [-0.4, -0.2) is 15.5 Å². The van der Waals surface area contributed by atoms with Crippen LogP contribution >= 0.6 is 0 Å². The van der Waals surface area contributed by atoms with Crippen LogP contribution in [0, 0.1) is 0 Å². The first-order chi connectivity index (χ1) is 10.8. The number of para-hydroxylation sites is 2. The molecule has 0 aliphatic carbocycles. The molecule has 0 bridgehead atoms. The van der Waals surface area contributed by atoms with Crippen LogP contribution in [0.2, 0.25) is 0 Å².